The molecule has 0 radical (unpaired) electrons. The molecule has 0 amide bonds. The highest BCUT2D eigenvalue weighted by Gasteiger charge is 2.18. The van der Waals surface area contributed by atoms with Gasteiger partial charge in [-0.3, -0.25) is 0 Å². The van der Waals surface area contributed by atoms with E-state index in [2.05, 4.69) is 51.7 Å². The zero-order chi connectivity index (χ0) is 10.9. The van der Waals surface area contributed by atoms with Crippen molar-refractivity contribution in [2.75, 3.05) is 0 Å². The summed E-state index contributed by atoms with van der Waals surface area (Å²) in [4.78, 5) is 4.40. The number of rotatable bonds is 1. The molecule has 0 saturated heterocycles. The molecule has 2 heteroatoms. The molecule has 1 rings (SSSR count). The molecule has 0 saturated carbocycles. The van der Waals surface area contributed by atoms with E-state index in [0.29, 0.717) is 11.1 Å². The largest absolute Gasteiger partial charge is 0.241 e. The standard InChI is InChI=1S/C12H18ClN/c1-8(2)10-7-6-9(11(13)14-10)12(3,4)5/h6-8H,1-5H3. The lowest BCUT2D eigenvalue weighted by Crippen LogP contribution is -2.13. The summed E-state index contributed by atoms with van der Waals surface area (Å²) in [6.45, 7) is 10.7. The topological polar surface area (TPSA) is 12.9 Å². The number of hydrogen-bond donors (Lipinski definition) is 0. The summed E-state index contributed by atoms with van der Waals surface area (Å²) in [6.07, 6.45) is 0. The van der Waals surface area contributed by atoms with Crippen molar-refractivity contribution in [1.82, 2.24) is 4.98 Å². The Morgan fingerprint density at radius 1 is 1.21 bits per heavy atom. The Hall–Kier alpha value is -0.560. The molecule has 0 aromatic carbocycles. The molecule has 0 aliphatic carbocycles. The number of pyridine rings is 1. The van der Waals surface area contributed by atoms with E-state index in [0.717, 1.165) is 11.3 Å². The monoisotopic (exact) mass is 211 g/mol. The van der Waals surface area contributed by atoms with Crippen LogP contribution in [0.3, 0.4) is 0 Å². The van der Waals surface area contributed by atoms with Gasteiger partial charge in [-0.05, 0) is 23.0 Å². The normalized spacial score (nSPS) is 12.2. The van der Waals surface area contributed by atoms with Gasteiger partial charge in [-0.15, -0.1) is 0 Å². The van der Waals surface area contributed by atoms with Crippen molar-refractivity contribution in [1.29, 1.82) is 0 Å². The SMILES string of the molecule is CC(C)c1ccc(C(C)(C)C)c(Cl)n1. The van der Waals surface area contributed by atoms with Crippen LogP contribution in [0.15, 0.2) is 12.1 Å². The van der Waals surface area contributed by atoms with Crippen molar-refractivity contribution >= 4 is 11.6 Å². The summed E-state index contributed by atoms with van der Waals surface area (Å²) in [5.74, 6) is 0.432. The third-order valence-corrected chi connectivity index (χ3v) is 2.56. The second kappa shape index (κ2) is 3.90. The van der Waals surface area contributed by atoms with Crippen LogP contribution in [0, 0.1) is 0 Å². The van der Waals surface area contributed by atoms with Crippen LogP contribution in [0.5, 0.6) is 0 Å². The smallest absolute Gasteiger partial charge is 0.133 e. The van der Waals surface area contributed by atoms with Gasteiger partial charge in [-0.25, -0.2) is 4.98 Å². The van der Waals surface area contributed by atoms with Crippen molar-refractivity contribution in [2.45, 2.75) is 46.0 Å². The average Bonchev–Trinajstić information content (AvgIpc) is 2.01. The van der Waals surface area contributed by atoms with Gasteiger partial charge in [0.2, 0.25) is 0 Å². The molecule has 0 fully saturated rings. The van der Waals surface area contributed by atoms with Crippen molar-refractivity contribution in [3.8, 4) is 0 Å². The van der Waals surface area contributed by atoms with Crippen molar-refractivity contribution in [2.24, 2.45) is 0 Å². The maximum atomic E-state index is 6.15. The van der Waals surface area contributed by atoms with Crippen LogP contribution in [0.1, 0.15) is 51.8 Å². The predicted octanol–water partition coefficient (Wildman–Crippen LogP) is 4.16. The zero-order valence-electron chi connectivity index (χ0n) is 9.56. The summed E-state index contributed by atoms with van der Waals surface area (Å²) in [6, 6.07) is 4.15. The second-order valence-electron chi connectivity index (χ2n) is 4.98. The number of hydrogen-bond acceptors (Lipinski definition) is 1. The van der Waals surface area contributed by atoms with Crippen LogP contribution >= 0.6 is 11.6 Å². The van der Waals surface area contributed by atoms with E-state index in [-0.39, 0.29) is 5.41 Å². The fourth-order valence-corrected chi connectivity index (χ4v) is 1.77. The lowest BCUT2D eigenvalue weighted by Gasteiger charge is -2.20. The summed E-state index contributed by atoms with van der Waals surface area (Å²) in [5.41, 5.74) is 2.24. The third-order valence-electron chi connectivity index (χ3n) is 2.27. The van der Waals surface area contributed by atoms with Crippen LogP contribution in [0.25, 0.3) is 0 Å². The minimum absolute atomic E-state index is 0.0690. The highest BCUT2D eigenvalue weighted by molar-refractivity contribution is 6.30. The summed E-state index contributed by atoms with van der Waals surface area (Å²) in [7, 11) is 0. The Morgan fingerprint density at radius 2 is 1.79 bits per heavy atom. The Morgan fingerprint density at radius 3 is 2.14 bits per heavy atom. The van der Waals surface area contributed by atoms with Gasteiger partial charge in [0, 0.05) is 5.69 Å². The predicted molar refractivity (Wildman–Crippen MR) is 62.0 cm³/mol. The van der Waals surface area contributed by atoms with E-state index < -0.39 is 0 Å². The number of aromatic nitrogens is 1. The Balaban J connectivity index is 3.15. The fraction of sp³-hybridized carbons (Fsp3) is 0.583. The van der Waals surface area contributed by atoms with Crippen LogP contribution in [-0.4, -0.2) is 4.98 Å². The van der Waals surface area contributed by atoms with E-state index in [9.17, 15) is 0 Å². The first-order chi connectivity index (χ1) is 6.32. The fourth-order valence-electron chi connectivity index (χ4n) is 1.33. The molecule has 0 spiro atoms. The molecule has 0 bridgehead atoms. The van der Waals surface area contributed by atoms with Gasteiger partial charge in [-0.2, -0.15) is 0 Å². The minimum Gasteiger partial charge on any atom is -0.241 e. The maximum Gasteiger partial charge on any atom is 0.133 e. The molecule has 1 aromatic heterocycles. The molecule has 0 aliphatic heterocycles. The van der Waals surface area contributed by atoms with Gasteiger partial charge in [0.15, 0.2) is 0 Å². The first-order valence-corrected chi connectivity index (χ1v) is 5.37. The zero-order valence-corrected chi connectivity index (χ0v) is 10.3. The maximum absolute atomic E-state index is 6.15. The van der Waals surface area contributed by atoms with E-state index in [1.165, 1.54) is 0 Å². The highest BCUT2D eigenvalue weighted by atomic mass is 35.5. The lowest BCUT2D eigenvalue weighted by atomic mass is 9.88. The number of halogens is 1. The van der Waals surface area contributed by atoms with Gasteiger partial charge in [0.05, 0.1) is 0 Å². The molecule has 1 heterocycles. The molecule has 1 aromatic rings. The second-order valence-corrected chi connectivity index (χ2v) is 5.34. The van der Waals surface area contributed by atoms with Gasteiger partial charge in [0.25, 0.3) is 0 Å². The summed E-state index contributed by atoms with van der Waals surface area (Å²) < 4.78 is 0. The third kappa shape index (κ3) is 2.48. The molecular weight excluding hydrogens is 194 g/mol. The first-order valence-electron chi connectivity index (χ1n) is 4.99. The molecule has 0 aliphatic rings. The lowest BCUT2D eigenvalue weighted by molar-refractivity contribution is 0.586. The summed E-state index contributed by atoms with van der Waals surface area (Å²) >= 11 is 6.15. The van der Waals surface area contributed by atoms with Crippen LogP contribution < -0.4 is 0 Å². The Bertz CT molecular complexity index is 324. The van der Waals surface area contributed by atoms with Crippen LogP contribution in [0.4, 0.5) is 0 Å². The van der Waals surface area contributed by atoms with E-state index in [4.69, 9.17) is 11.6 Å². The minimum atomic E-state index is 0.0690. The molecule has 0 atom stereocenters. The van der Waals surface area contributed by atoms with Gasteiger partial charge >= 0.3 is 0 Å². The number of nitrogens with zero attached hydrogens (tertiary/aromatic N) is 1. The Labute approximate surface area is 91.5 Å². The molecular formula is C12H18ClN. The molecule has 78 valence electrons. The average molecular weight is 212 g/mol. The quantitative estimate of drug-likeness (QED) is 0.636. The van der Waals surface area contributed by atoms with Crippen molar-refractivity contribution in [3.05, 3.63) is 28.5 Å². The van der Waals surface area contributed by atoms with Crippen molar-refractivity contribution < 1.29 is 0 Å². The van der Waals surface area contributed by atoms with E-state index in [1.54, 1.807) is 0 Å². The van der Waals surface area contributed by atoms with E-state index >= 15 is 0 Å². The van der Waals surface area contributed by atoms with Gasteiger partial charge in [-0.1, -0.05) is 52.3 Å². The van der Waals surface area contributed by atoms with E-state index in [1.807, 2.05) is 0 Å². The van der Waals surface area contributed by atoms with Gasteiger partial charge in [0.1, 0.15) is 5.15 Å². The Kier molecular flexibility index (Phi) is 3.20. The molecule has 1 nitrogen and oxygen atoms in total. The summed E-state index contributed by atoms with van der Waals surface area (Å²) in [5, 5.41) is 0.642. The highest BCUT2D eigenvalue weighted by Crippen LogP contribution is 2.29. The molecule has 0 N–H and O–H groups in total. The van der Waals surface area contributed by atoms with Gasteiger partial charge < -0.3 is 0 Å². The van der Waals surface area contributed by atoms with Crippen molar-refractivity contribution in [3.63, 3.8) is 0 Å². The molecule has 14 heavy (non-hydrogen) atoms. The first kappa shape index (κ1) is 11.5. The van der Waals surface area contributed by atoms with Crippen LogP contribution in [0.2, 0.25) is 5.15 Å². The van der Waals surface area contributed by atoms with Crippen LogP contribution in [-0.2, 0) is 5.41 Å². The molecule has 0 unspecified atom stereocenters.